The van der Waals surface area contributed by atoms with Crippen LogP contribution in [0.1, 0.15) is 0 Å². The molecule has 5 heteroatoms. The largest absolute Gasteiger partial charge is 0.475 e. The summed E-state index contributed by atoms with van der Waals surface area (Å²) in [6.07, 6.45) is 0. The van der Waals surface area contributed by atoms with Gasteiger partial charge in [-0.15, -0.1) is 0 Å². The monoisotopic (exact) mass is 149 g/mol. The second-order valence-corrected chi connectivity index (χ2v) is 2.05. The molecule has 0 aliphatic heterocycles. The fourth-order valence-corrected chi connectivity index (χ4v) is 0.0546. The number of hydrogen-bond acceptors (Lipinski definition) is 3. The number of carbonyl (C=O) groups is 1. The number of ether oxygens (including phenoxy) is 1. The van der Waals surface area contributed by atoms with Crippen LogP contribution in [0.5, 0.6) is 0 Å². The molecule has 0 aromatic heterocycles. The fraction of sp³-hybridized carbons (Fsp3) is 0.800. The molecular formula is C5H13BFNO2. The van der Waals surface area contributed by atoms with Gasteiger partial charge >= 0.3 is 7.56 Å². The maximum absolute atomic E-state index is 10.9. The van der Waals surface area contributed by atoms with E-state index in [-0.39, 0.29) is 0 Å². The molecule has 0 aromatic carbocycles. The van der Waals surface area contributed by atoms with Crippen molar-refractivity contribution < 1.29 is 13.8 Å². The van der Waals surface area contributed by atoms with Gasteiger partial charge in [-0.05, 0) is 21.1 Å². The van der Waals surface area contributed by atoms with Gasteiger partial charge in [0.2, 0.25) is 0 Å². The summed E-state index contributed by atoms with van der Waals surface area (Å²) in [6.45, 7) is 0. The molecule has 0 N–H and O–H groups in total. The van der Waals surface area contributed by atoms with Crippen LogP contribution in [-0.4, -0.2) is 46.6 Å². The van der Waals surface area contributed by atoms with Crippen molar-refractivity contribution in [2.75, 3.05) is 28.3 Å². The van der Waals surface area contributed by atoms with E-state index in [1.165, 1.54) is 0 Å². The van der Waals surface area contributed by atoms with E-state index in [9.17, 15) is 9.11 Å². The Balaban J connectivity index is 0. The Kier molecular flexibility index (Phi) is 10.2. The van der Waals surface area contributed by atoms with Crippen LogP contribution in [0, 0.1) is 0 Å². The van der Waals surface area contributed by atoms with E-state index < -0.39 is 13.4 Å². The standard InChI is InChI=1S/C3H9N.C2H4BFO2/c1-4(2)3;1-6-2(5)3-4/h1-3H3;3H,1H3. The highest BCUT2D eigenvalue weighted by Gasteiger charge is 1.97. The Labute approximate surface area is 61.4 Å². The Morgan fingerprint density at radius 2 is 1.80 bits per heavy atom. The van der Waals surface area contributed by atoms with Crippen molar-refractivity contribution in [2.24, 2.45) is 0 Å². The molecule has 0 heterocycles. The molecule has 0 radical (unpaired) electrons. The van der Waals surface area contributed by atoms with Crippen molar-refractivity contribution in [3.8, 4) is 0 Å². The minimum atomic E-state index is -1.03. The average Bonchev–Trinajstić information content (AvgIpc) is 1.85. The van der Waals surface area contributed by atoms with Gasteiger partial charge in [0.1, 0.15) is 0 Å². The minimum absolute atomic E-state index is 0.824. The second kappa shape index (κ2) is 8.42. The number of methoxy groups -OCH3 is 1. The first-order chi connectivity index (χ1) is 4.54. The average molecular weight is 149 g/mol. The predicted octanol–water partition coefficient (Wildman–Crippen LogP) is 0.252. The van der Waals surface area contributed by atoms with Gasteiger partial charge in [0, 0.05) is 0 Å². The Morgan fingerprint density at radius 1 is 1.50 bits per heavy atom. The first-order valence-corrected chi connectivity index (χ1v) is 2.78. The lowest BCUT2D eigenvalue weighted by atomic mass is 10.1. The molecule has 0 spiro atoms. The number of rotatable bonds is 1. The van der Waals surface area contributed by atoms with Gasteiger partial charge in [0.15, 0.2) is 0 Å². The molecule has 10 heavy (non-hydrogen) atoms. The zero-order valence-electron chi connectivity index (χ0n) is 6.85. The second-order valence-electron chi connectivity index (χ2n) is 2.05. The van der Waals surface area contributed by atoms with Gasteiger partial charge in [0.25, 0.3) is 5.87 Å². The Morgan fingerprint density at radius 3 is 1.80 bits per heavy atom. The van der Waals surface area contributed by atoms with Crippen LogP contribution in [0.3, 0.4) is 0 Å². The highest BCUT2D eigenvalue weighted by atomic mass is 19.1. The normalized spacial score (nSPS) is 7.80. The maximum Gasteiger partial charge on any atom is 0.457 e. The van der Waals surface area contributed by atoms with E-state index in [0.717, 1.165) is 7.11 Å². The van der Waals surface area contributed by atoms with Gasteiger partial charge < -0.3 is 14.0 Å². The maximum atomic E-state index is 10.9. The topological polar surface area (TPSA) is 29.5 Å². The molecule has 0 saturated carbocycles. The molecule has 0 unspecified atom stereocenters. The van der Waals surface area contributed by atoms with Crippen LogP contribution in [0.2, 0.25) is 0 Å². The lowest BCUT2D eigenvalue weighted by molar-refractivity contribution is 0.196. The molecule has 0 amide bonds. The molecule has 0 bridgehead atoms. The summed E-state index contributed by atoms with van der Waals surface area (Å²) in [6, 6.07) is 0. The molecule has 0 aliphatic carbocycles. The lowest BCUT2D eigenvalue weighted by Crippen LogP contribution is -2.01. The summed E-state index contributed by atoms with van der Waals surface area (Å²) in [5.41, 5.74) is 0. The minimum Gasteiger partial charge on any atom is -0.475 e. The Bertz CT molecular complexity index is 81.0. The summed E-state index contributed by atoms with van der Waals surface area (Å²) in [5.74, 6) is -0.824. The van der Waals surface area contributed by atoms with Gasteiger partial charge in [-0.1, -0.05) is 0 Å². The van der Waals surface area contributed by atoms with Crippen molar-refractivity contribution in [3.05, 3.63) is 0 Å². The molecule has 60 valence electrons. The molecule has 0 rings (SSSR count). The highest BCUT2D eigenvalue weighted by Crippen LogP contribution is 1.70. The molecule has 0 aliphatic rings. The quantitative estimate of drug-likeness (QED) is 0.500. The van der Waals surface area contributed by atoms with Crippen LogP contribution in [-0.2, 0) is 4.74 Å². The molecular weight excluding hydrogens is 136 g/mol. The third kappa shape index (κ3) is 26.1. The van der Waals surface area contributed by atoms with Gasteiger partial charge in [0.05, 0.1) is 7.11 Å². The SMILES string of the molecule is CN(C)C.COC(=O)BF. The molecule has 0 saturated heterocycles. The van der Waals surface area contributed by atoms with E-state index in [1.807, 2.05) is 26.0 Å². The van der Waals surface area contributed by atoms with Crippen molar-refractivity contribution in [3.63, 3.8) is 0 Å². The first kappa shape index (κ1) is 12.1. The van der Waals surface area contributed by atoms with Crippen molar-refractivity contribution in [1.82, 2.24) is 4.90 Å². The highest BCUT2D eigenvalue weighted by molar-refractivity contribution is 6.66. The molecule has 3 nitrogen and oxygen atoms in total. The molecule has 0 atom stereocenters. The summed E-state index contributed by atoms with van der Waals surface area (Å²) in [5, 5.41) is 0. The Hall–Kier alpha value is -0.575. The van der Waals surface area contributed by atoms with Gasteiger partial charge in [-0.3, -0.25) is 4.79 Å². The van der Waals surface area contributed by atoms with Crippen LogP contribution >= 0.6 is 0 Å². The first-order valence-electron chi connectivity index (χ1n) is 2.78. The lowest BCUT2D eigenvalue weighted by Gasteiger charge is -1.90. The van der Waals surface area contributed by atoms with Crippen LogP contribution in [0.25, 0.3) is 0 Å². The van der Waals surface area contributed by atoms with Crippen molar-refractivity contribution in [2.45, 2.75) is 0 Å². The third-order valence-electron chi connectivity index (χ3n) is 0.337. The van der Waals surface area contributed by atoms with E-state index in [1.54, 1.807) is 0 Å². The summed E-state index contributed by atoms with van der Waals surface area (Å²) in [7, 11) is 6.11. The summed E-state index contributed by atoms with van der Waals surface area (Å²) >= 11 is 0. The van der Waals surface area contributed by atoms with Crippen LogP contribution < -0.4 is 0 Å². The zero-order valence-corrected chi connectivity index (χ0v) is 6.85. The fourth-order valence-electron chi connectivity index (χ4n) is 0.0546. The number of nitrogens with zero attached hydrogens (tertiary/aromatic N) is 1. The van der Waals surface area contributed by atoms with E-state index in [4.69, 9.17) is 0 Å². The number of carbonyl (C=O) groups excluding carboxylic acids is 1. The van der Waals surface area contributed by atoms with Crippen molar-refractivity contribution in [1.29, 1.82) is 0 Å². The van der Waals surface area contributed by atoms with Gasteiger partial charge in [-0.25, -0.2) is 0 Å². The predicted molar refractivity (Wildman–Crippen MR) is 40.3 cm³/mol. The smallest absolute Gasteiger partial charge is 0.457 e. The molecule has 0 aromatic rings. The summed E-state index contributed by atoms with van der Waals surface area (Å²) < 4.78 is 14.8. The summed E-state index contributed by atoms with van der Waals surface area (Å²) in [4.78, 5) is 11.6. The third-order valence-corrected chi connectivity index (χ3v) is 0.337. The van der Waals surface area contributed by atoms with E-state index in [0.29, 0.717) is 0 Å². The van der Waals surface area contributed by atoms with Crippen LogP contribution in [0.15, 0.2) is 0 Å². The zero-order chi connectivity index (χ0) is 8.57. The van der Waals surface area contributed by atoms with E-state index >= 15 is 0 Å². The van der Waals surface area contributed by atoms with Crippen molar-refractivity contribution >= 4 is 13.4 Å². The van der Waals surface area contributed by atoms with Crippen LogP contribution in [0.4, 0.5) is 9.11 Å². The van der Waals surface area contributed by atoms with Gasteiger partial charge in [-0.2, -0.15) is 0 Å². The number of halogens is 1. The van der Waals surface area contributed by atoms with E-state index in [2.05, 4.69) is 4.74 Å². The number of hydrogen-bond donors (Lipinski definition) is 0. The molecule has 0 fully saturated rings.